The zero-order valence-electron chi connectivity index (χ0n) is 18.9. The number of hydrogen-bond donors (Lipinski definition) is 1. The van der Waals surface area contributed by atoms with Crippen LogP contribution < -0.4 is 15.2 Å². The number of methoxy groups -OCH3 is 1. The van der Waals surface area contributed by atoms with E-state index >= 15 is 0 Å². The molecular formula is C26H31NO3. The van der Waals surface area contributed by atoms with E-state index in [-0.39, 0.29) is 11.9 Å². The topological polar surface area (TPSA) is 61.5 Å². The molecule has 0 saturated heterocycles. The number of ketones is 1. The van der Waals surface area contributed by atoms with E-state index in [4.69, 9.17) is 15.2 Å². The minimum atomic E-state index is -0.000382. The third-order valence-corrected chi connectivity index (χ3v) is 5.69. The average Bonchev–Trinajstić information content (AvgIpc) is 2.65. The van der Waals surface area contributed by atoms with Gasteiger partial charge in [-0.15, -0.1) is 0 Å². The lowest BCUT2D eigenvalue weighted by molar-refractivity contribution is 0.103. The first-order valence-electron chi connectivity index (χ1n) is 10.3. The summed E-state index contributed by atoms with van der Waals surface area (Å²) in [6.45, 7) is 12.2. The summed E-state index contributed by atoms with van der Waals surface area (Å²) < 4.78 is 11.6. The van der Waals surface area contributed by atoms with Crippen molar-refractivity contribution in [1.29, 1.82) is 0 Å². The van der Waals surface area contributed by atoms with Gasteiger partial charge >= 0.3 is 0 Å². The fourth-order valence-corrected chi connectivity index (χ4v) is 3.70. The lowest BCUT2D eigenvalue weighted by Crippen LogP contribution is -2.19. The van der Waals surface area contributed by atoms with Crippen molar-refractivity contribution in [2.75, 3.05) is 12.8 Å². The van der Waals surface area contributed by atoms with Crippen molar-refractivity contribution in [2.45, 2.75) is 47.6 Å². The number of nitrogen functional groups attached to an aromatic ring is 1. The van der Waals surface area contributed by atoms with Gasteiger partial charge in [0, 0.05) is 22.8 Å². The molecule has 0 aliphatic heterocycles. The van der Waals surface area contributed by atoms with Gasteiger partial charge in [-0.3, -0.25) is 4.79 Å². The molecule has 0 saturated carbocycles. The van der Waals surface area contributed by atoms with Crippen LogP contribution in [0.3, 0.4) is 0 Å². The summed E-state index contributed by atoms with van der Waals surface area (Å²) in [5, 5.41) is 0. The van der Waals surface area contributed by atoms with E-state index < -0.39 is 0 Å². The molecule has 1 atom stereocenters. The van der Waals surface area contributed by atoms with Crippen LogP contribution in [0.2, 0.25) is 0 Å². The molecule has 1 aliphatic carbocycles. The molecule has 1 aliphatic rings. The standard InChI is InChI=1S/C26H31NO3/c1-14(2)18(6)30-23-13-22(27)24(29-7)12-19(23)11-21-16(4)10-20-9-15(3)8-17(5)25(20)26(21)28/h8-14,18H,27H2,1-7H3. The highest BCUT2D eigenvalue weighted by Gasteiger charge is 2.25. The Morgan fingerprint density at radius 3 is 2.33 bits per heavy atom. The molecule has 0 fully saturated rings. The normalized spacial score (nSPS) is 15.8. The second-order valence-electron chi connectivity index (χ2n) is 8.46. The van der Waals surface area contributed by atoms with Crippen molar-refractivity contribution < 1.29 is 14.3 Å². The van der Waals surface area contributed by atoms with Gasteiger partial charge in [0.05, 0.1) is 18.9 Å². The first-order valence-corrected chi connectivity index (χ1v) is 10.3. The Bertz CT molecular complexity index is 1060. The molecule has 0 aromatic heterocycles. The summed E-state index contributed by atoms with van der Waals surface area (Å²) in [6, 6.07) is 7.72. The quantitative estimate of drug-likeness (QED) is 0.489. The van der Waals surface area contributed by atoms with Gasteiger partial charge in [0.2, 0.25) is 0 Å². The Kier molecular flexibility index (Phi) is 6.06. The Morgan fingerprint density at radius 2 is 1.70 bits per heavy atom. The van der Waals surface area contributed by atoms with Crippen LogP contribution in [0.4, 0.5) is 5.69 Å². The summed E-state index contributed by atoms with van der Waals surface area (Å²) in [5.41, 5.74) is 12.9. The van der Waals surface area contributed by atoms with Crippen LogP contribution in [0.5, 0.6) is 11.5 Å². The number of benzene rings is 2. The third-order valence-electron chi connectivity index (χ3n) is 5.69. The maximum absolute atomic E-state index is 13.4. The predicted octanol–water partition coefficient (Wildman–Crippen LogP) is 6.00. The van der Waals surface area contributed by atoms with Crippen molar-refractivity contribution in [3.63, 3.8) is 0 Å². The summed E-state index contributed by atoms with van der Waals surface area (Å²) >= 11 is 0. The molecule has 158 valence electrons. The van der Waals surface area contributed by atoms with E-state index in [1.54, 1.807) is 13.2 Å². The average molecular weight is 406 g/mol. The lowest BCUT2D eigenvalue weighted by Gasteiger charge is -2.22. The molecular weight excluding hydrogens is 374 g/mol. The van der Waals surface area contributed by atoms with Crippen LogP contribution in [0.25, 0.3) is 12.2 Å². The molecule has 4 nitrogen and oxygen atoms in total. The molecule has 0 heterocycles. The van der Waals surface area contributed by atoms with Gasteiger partial charge in [-0.25, -0.2) is 0 Å². The highest BCUT2D eigenvalue weighted by atomic mass is 16.5. The summed E-state index contributed by atoms with van der Waals surface area (Å²) in [4.78, 5) is 13.4. The number of allylic oxidation sites excluding steroid dienone is 2. The van der Waals surface area contributed by atoms with Crippen LogP contribution in [0, 0.1) is 19.8 Å². The number of anilines is 1. The Morgan fingerprint density at radius 1 is 1.00 bits per heavy atom. The molecule has 0 radical (unpaired) electrons. The smallest absolute Gasteiger partial charge is 0.194 e. The van der Waals surface area contributed by atoms with Gasteiger partial charge in [-0.1, -0.05) is 37.6 Å². The second kappa shape index (κ2) is 8.39. The van der Waals surface area contributed by atoms with E-state index in [9.17, 15) is 4.79 Å². The van der Waals surface area contributed by atoms with Crippen molar-refractivity contribution in [2.24, 2.45) is 5.92 Å². The zero-order valence-corrected chi connectivity index (χ0v) is 18.9. The van der Waals surface area contributed by atoms with E-state index in [1.807, 2.05) is 45.9 Å². The van der Waals surface area contributed by atoms with Crippen molar-refractivity contribution >= 4 is 23.6 Å². The molecule has 0 bridgehead atoms. The third kappa shape index (κ3) is 4.13. The maximum atomic E-state index is 13.4. The van der Waals surface area contributed by atoms with Crippen LogP contribution >= 0.6 is 0 Å². The van der Waals surface area contributed by atoms with Crippen LogP contribution in [0.15, 0.2) is 35.4 Å². The number of aryl methyl sites for hydroxylation is 2. The molecule has 2 aromatic rings. The van der Waals surface area contributed by atoms with Gasteiger partial charge in [0.25, 0.3) is 0 Å². The number of rotatable bonds is 5. The molecule has 3 rings (SSSR count). The van der Waals surface area contributed by atoms with Crippen molar-refractivity contribution in [3.8, 4) is 11.5 Å². The second-order valence-corrected chi connectivity index (χ2v) is 8.46. The lowest BCUT2D eigenvalue weighted by atomic mass is 9.83. The Hall–Kier alpha value is -3.01. The fraction of sp³-hybridized carbons (Fsp3) is 0.346. The molecule has 0 amide bonds. The van der Waals surface area contributed by atoms with Crippen LogP contribution in [-0.2, 0) is 0 Å². The number of fused-ring (bicyclic) bond motifs is 1. The number of Topliss-reactive ketones (excluding diaryl/α,β-unsaturated/α-hetero) is 1. The van der Waals surface area contributed by atoms with Crippen molar-refractivity contribution in [3.05, 3.63) is 63.2 Å². The van der Waals surface area contributed by atoms with Crippen LogP contribution in [-0.4, -0.2) is 19.0 Å². The number of ether oxygens (including phenoxy) is 2. The van der Waals surface area contributed by atoms with E-state index in [0.29, 0.717) is 28.7 Å². The SMILES string of the molecule is COc1cc(C=C2C(=O)c3c(C)cc(C)cc3C=C2C)c(OC(C)C(C)C)cc1N. The highest BCUT2D eigenvalue weighted by molar-refractivity contribution is 6.19. The van der Waals surface area contributed by atoms with Gasteiger partial charge < -0.3 is 15.2 Å². The van der Waals surface area contributed by atoms with Gasteiger partial charge in [-0.05, 0) is 62.5 Å². The minimum Gasteiger partial charge on any atom is -0.495 e. The Balaban J connectivity index is 2.15. The summed E-state index contributed by atoms with van der Waals surface area (Å²) in [7, 11) is 1.58. The summed E-state index contributed by atoms with van der Waals surface area (Å²) in [6.07, 6.45) is 3.97. The zero-order chi connectivity index (χ0) is 22.2. The molecule has 2 aromatic carbocycles. The first-order chi connectivity index (χ1) is 14.1. The van der Waals surface area contributed by atoms with Crippen LogP contribution in [0.1, 0.15) is 60.3 Å². The Labute approximate surface area is 179 Å². The van der Waals surface area contributed by atoms with Gasteiger partial charge in [0.15, 0.2) is 5.78 Å². The number of carbonyl (C=O) groups excluding carboxylic acids is 1. The first kappa shape index (κ1) is 21.7. The van der Waals surface area contributed by atoms with E-state index in [1.165, 1.54) is 0 Å². The monoisotopic (exact) mass is 405 g/mol. The van der Waals surface area contributed by atoms with Crippen molar-refractivity contribution in [1.82, 2.24) is 0 Å². The largest absolute Gasteiger partial charge is 0.495 e. The molecule has 30 heavy (non-hydrogen) atoms. The fourth-order valence-electron chi connectivity index (χ4n) is 3.70. The molecule has 0 spiro atoms. The number of hydrogen-bond acceptors (Lipinski definition) is 4. The van der Waals surface area contributed by atoms with Gasteiger partial charge in [-0.2, -0.15) is 0 Å². The van der Waals surface area contributed by atoms with E-state index in [2.05, 4.69) is 26.0 Å². The molecule has 1 unspecified atom stereocenters. The number of nitrogens with two attached hydrogens (primary N) is 1. The van der Waals surface area contributed by atoms with E-state index in [0.717, 1.165) is 33.4 Å². The molecule has 4 heteroatoms. The number of carbonyl (C=O) groups is 1. The molecule has 2 N–H and O–H groups in total. The highest BCUT2D eigenvalue weighted by Crippen LogP contribution is 2.37. The maximum Gasteiger partial charge on any atom is 0.194 e. The summed E-state index contributed by atoms with van der Waals surface area (Å²) in [5.74, 6) is 1.57. The van der Waals surface area contributed by atoms with Gasteiger partial charge in [0.1, 0.15) is 11.5 Å². The predicted molar refractivity (Wildman–Crippen MR) is 124 cm³/mol. The minimum absolute atomic E-state index is 0.000382.